The number of amides is 1. The number of primary amides is 1. The summed E-state index contributed by atoms with van der Waals surface area (Å²) >= 11 is 0. The molecule has 1 aromatic rings. The van der Waals surface area contributed by atoms with Gasteiger partial charge in [0.25, 0.3) is 11.5 Å². The first-order chi connectivity index (χ1) is 9.29. The Morgan fingerprint density at radius 3 is 2.70 bits per heavy atom. The zero-order chi connectivity index (χ0) is 14.9. The molecule has 0 spiro atoms. The van der Waals surface area contributed by atoms with Crippen LogP contribution in [-0.4, -0.2) is 47.8 Å². The second-order valence-electron chi connectivity index (χ2n) is 4.41. The van der Waals surface area contributed by atoms with E-state index >= 15 is 0 Å². The molecule has 9 heteroatoms. The Balaban J connectivity index is 2.42. The van der Waals surface area contributed by atoms with Gasteiger partial charge in [0.05, 0.1) is 18.5 Å². The Morgan fingerprint density at radius 2 is 2.10 bits per heavy atom. The Kier molecular flexibility index (Phi) is 3.73. The van der Waals surface area contributed by atoms with Crippen LogP contribution in [0.4, 0.5) is 0 Å². The third-order valence-corrected chi connectivity index (χ3v) is 4.14. The van der Waals surface area contributed by atoms with Gasteiger partial charge in [-0.3, -0.25) is 9.59 Å². The Labute approximate surface area is 115 Å². The van der Waals surface area contributed by atoms with Crippen LogP contribution in [0, 0.1) is 0 Å². The molecule has 0 atom stereocenters. The van der Waals surface area contributed by atoms with E-state index in [4.69, 9.17) is 5.73 Å². The number of hydrogen-bond donors (Lipinski definition) is 1. The summed E-state index contributed by atoms with van der Waals surface area (Å²) in [4.78, 5) is 22.9. The normalized spacial score (nSPS) is 16.8. The molecule has 0 aliphatic carbocycles. The molecule has 1 aliphatic heterocycles. The molecular weight excluding hydrogens is 284 g/mol. The third-order valence-electron chi connectivity index (χ3n) is 2.89. The fourth-order valence-electron chi connectivity index (χ4n) is 1.88. The van der Waals surface area contributed by atoms with Crippen LogP contribution < -0.4 is 11.3 Å². The Morgan fingerprint density at radius 1 is 1.40 bits per heavy atom. The van der Waals surface area contributed by atoms with Gasteiger partial charge in [-0.2, -0.15) is 14.1 Å². The molecule has 2 rings (SSSR count). The van der Waals surface area contributed by atoms with E-state index in [0.29, 0.717) is 18.7 Å². The van der Waals surface area contributed by atoms with Crippen molar-refractivity contribution < 1.29 is 13.2 Å². The maximum Gasteiger partial charge on any atom is 0.271 e. The quantitative estimate of drug-likeness (QED) is 0.756. The van der Waals surface area contributed by atoms with E-state index in [2.05, 4.69) is 5.10 Å². The lowest BCUT2D eigenvalue weighted by Gasteiger charge is -2.25. The maximum absolute atomic E-state index is 11.8. The highest BCUT2D eigenvalue weighted by atomic mass is 32.2. The average Bonchev–Trinajstić information content (AvgIpc) is 2.38. The highest BCUT2D eigenvalue weighted by Crippen LogP contribution is 2.14. The predicted octanol–water partition coefficient (Wildman–Crippen LogP) is -1.15. The summed E-state index contributed by atoms with van der Waals surface area (Å²) in [6.45, 7) is 0.389. The molecule has 2 heterocycles. The maximum atomic E-state index is 11.8. The summed E-state index contributed by atoms with van der Waals surface area (Å²) in [6.07, 6.45) is 3.30. The largest absolute Gasteiger partial charge is 0.364 e. The van der Waals surface area contributed by atoms with E-state index in [-0.39, 0.29) is 12.2 Å². The van der Waals surface area contributed by atoms with Crippen molar-refractivity contribution >= 4 is 21.6 Å². The van der Waals surface area contributed by atoms with Crippen molar-refractivity contribution in [3.05, 3.63) is 34.3 Å². The number of carbonyl (C=O) groups is 1. The summed E-state index contributed by atoms with van der Waals surface area (Å²) in [6, 6.07) is 2.41. The number of nitrogens with two attached hydrogens (primary N) is 1. The number of sulfonamides is 1. The summed E-state index contributed by atoms with van der Waals surface area (Å²) in [7, 11) is -3.35. The van der Waals surface area contributed by atoms with Crippen molar-refractivity contribution in [2.75, 3.05) is 19.3 Å². The molecule has 0 unspecified atom stereocenters. The van der Waals surface area contributed by atoms with Crippen molar-refractivity contribution in [3.8, 4) is 0 Å². The molecule has 8 nitrogen and oxygen atoms in total. The lowest BCUT2D eigenvalue weighted by molar-refractivity contribution is 0.0994. The molecular formula is C11H14N4O4S. The van der Waals surface area contributed by atoms with Crippen molar-refractivity contribution in [3.63, 3.8) is 0 Å². The van der Waals surface area contributed by atoms with Gasteiger partial charge >= 0.3 is 0 Å². The minimum Gasteiger partial charge on any atom is -0.364 e. The van der Waals surface area contributed by atoms with Gasteiger partial charge in [-0.1, -0.05) is 6.08 Å². The molecule has 0 aromatic carbocycles. The number of carbonyl (C=O) groups excluding carboxylic acids is 1. The highest BCUT2D eigenvalue weighted by molar-refractivity contribution is 7.88. The van der Waals surface area contributed by atoms with Gasteiger partial charge < -0.3 is 5.73 Å². The zero-order valence-electron chi connectivity index (χ0n) is 10.8. The number of rotatable bonds is 3. The molecule has 20 heavy (non-hydrogen) atoms. The van der Waals surface area contributed by atoms with Gasteiger partial charge in [-0.25, -0.2) is 8.42 Å². The van der Waals surface area contributed by atoms with E-state index in [0.717, 1.165) is 10.9 Å². The second-order valence-corrected chi connectivity index (χ2v) is 6.40. The van der Waals surface area contributed by atoms with E-state index in [1.807, 2.05) is 0 Å². The molecule has 0 saturated carbocycles. The first-order valence-electron chi connectivity index (χ1n) is 5.84. The lowest BCUT2D eigenvalue weighted by atomic mass is 10.2. The summed E-state index contributed by atoms with van der Waals surface area (Å²) in [5, 5.41) is 3.85. The smallest absolute Gasteiger partial charge is 0.271 e. The Hall–Kier alpha value is -2.00. The lowest BCUT2D eigenvalue weighted by Crippen LogP contribution is -2.38. The van der Waals surface area contributed by atoms with Crippen LogP contribution in [0.5, 0.6) is 0 Å². The molecule has 1 aromatic heterocycles. The van der Waals surface area contributed by atoms with Gasteiger partial charge in [0, 0.05) is 12.6 Å². The van der Waals surface area contributed by atoms with E-state index in [1.54, 1.807) is 6.08 Å². The summed E-state index contributed by atoms with van der Waals surface area (Å²) < 4.78 is 25.3. The first kappa shape index (κ1) is 14.4. The minimum atomic E-state index is -3.35. The zero-order valence-corrected chi connectivity index (χ0v) is 11.6. The summed E-state index contributed by atoms with van der Waals surface area (Å²) in [5.41, 5.74) is 5.03. The second kappa shape index (κ2) is 5.17. The fourth-order valence-corrected chi connectivity index (χ4v) is 2.69. The van der Waals surface area contributed by atoms with E-state index in [1.165, 1.54) is 16.4 Å². The number of hydrogen-bond acceptors (Lipinski definition) is 5. The monoisotopic (exact) mass is 298 g/mol. The van der Waals surface area contributed by atoms with Crippen molar-refractivity contribution in [1.82, 2.24) is 14.1 Å². The topological polar surface area (TPSA) is 115 Å². The van der Waals surface area contributed by atoms with Gasteiger partial charge in [0.15, 0.2) is 0 Å². The highest BCUT2D eigenvalue weighted by Gasteiger charge is 2.22. The van der Waals surface area contributed by atoms with Crippen LogP contribution in [0.3, 0.4) is 0 Å². The standard InChI is InChI=1S/C11H14N4O4S/c1-20(18,19)14-6-2-3-8(7-14)15-10(16)5-4-9(13-15)11(12)17/h3-5H,2,6-7H2,1H3,(H2,12,17). The van der Waals surface area contributed by atoms with E-state index < -0.39 is 21.5 Å². The average molecular weight is 298 g/mol. The molecule has 1 aliphatic rings. The van der Waals surface area contributed by atoms with Gasteiger partial charge in [0.1, 0.15) is 5.69 Å². The van der Waals surface area contributed by atoms with Crippen LogP contribution >= 0.6 is 0 Å². The van der Waals surface area contributed by atoms with Crippen LogP contribution in [0.15, 0.2) is 23.0 Å². The predicted molar refractivity (Wildman–Crippen MR) is 72.3 cm³/mol. The molecule has 0 fully saturated rings. The molecule has 2 N–H and O–H groups in total. The molecule has 108 valence electrons. The first-order valence-corrected chi connectivity index (χ1v) is 7.68. The van der Waals surface area contributed by atoms with Crippen LogP contribution in [0.1, 0.15) is 16.9 Å². The van der Waals surface area contributed by atoms with Gasteiger partial charge in [0.2, 0.25) is 10.0 Å². The molecule has 0 radical (unpaired) electrons. The minimum absolute atomic E-state index is 0.0357. The van der Waals surface area contributed by atoms with Crippen LogP contribution in [0.25, 0.3) is 5.70 Å². The van der Waals surface area contributed by atoms with Crippen LogP contribution in [0.2, 0.25) is 0 Å². The Bertz CT molecular complexity index is 735. The van der Waals surface area contributed by atoms with Gasteiger partial charge in [-0.05, 0) is 12.5 Å². The van der Waals surface area contributed by atoms with Crippen molar-refractivity contribution in [2.24, 2.45) is 5.73 Å². The molecule has 0 saturated heterocycles. The molecule has 0 bridgehead atoms. The number of aromatic nitrogens is 2. The SMILES string of the molecule is CS(=O)(=O)N1CCC=C(n2nc(C(N)=O)ccc2=O)C1. The fraction of sp³-hybridized carbons (Fsp3) is 0.364. The molecule has 1 amide bonds. The number of nitrogens with zero attached hydrogens (tertiary/aromatic N) is 3. The van der Waals surface area contributed by atoms with Crippen molar-refractivity contribution in [2.45, 2.75) is 6.42 Å². The third kappa shape index (κ3) is 2.94. The van der Waals surface area contributed by atoms with Crippen LogP contribution in [-0.2, 0) is 10.0 Å². The van der Waals surface area contributed by atoms with Crippen molar-refractivity contribution in [1.29, 1.82) is 0 Å². The van der Waals surface area contributed by atoms with E-state index in [9.17, 15) is 18.0 Å². The van der Waals surface area contributed by atoms with Gasteiger partial charge in [-0.15, -0.1) is 0 Å². The summed E-state index contributed by atoms with van der Waals surface area (Å²) in [5.74, 6) is -0.755.